The molecule has 4 nitrogen and oxygen atoms in total. The van der Waals surface area contributed by atoms with Crippen LogP contribution in [-0.2, 0) is 9.53 Å². The topological polar surface area (TPSA) is 55.6 Å². The van der Waals surface area contributed by atoms with Crippen LogP contribution in [0, 0.1) is 5.41 Å². The summed E-state index contributed by atoms with van der Waals surface area (Å²) < 4.78 is 5.52. The fraction of sp³-hybridized carbons (Fsp3) is 0.923. The van der Waals surface area contributed by atoms with Crippen LogP contribution in [0.25, 0.3) is 0 Å². The van der Waals surface area contributed by atoms with E-state index in [1.165, 1.54) is 0 Å². The summed E-state index contributed by atoms with van der Waals surface area (Å²) in [6.45, 7) is 6.68. The molecule has 2 rings (SSSR count). The number of nitrogens with zero attached hydrogens (tertiary/aromatic N) is 1. The maximum atomic E-state index is 12.2. The number of hydrogen-bond acceptors (Lipinski definition) is 3. The van der Waals surface area contributed by atoms with Crippen LogP contribution in [-0.4, -0.2) is 42.6 Å². The third-order valence-corrected chi connectivity index (χ3v) is 4.09. The largest absolute Gasteiger partial charge is 0.378 e. The van der Waals surface area contributed by atoms with Crippen LogP contribution in [0.2, 0.25) is 0 Å². The van der Waals surface area contributed by atoms with Crippen LogP contribution in [0.15, 0.2) is 0 Å². The smallest absolute Gasteiger partial charge is 0.225 e. The summed E-state index contributed by atoms with van der Waals surface area (Å²) in [5.74, 6) is 0.233. The molecule has 0 saturated carbocycles. The van der Waals surface area contributed by atoms with Gasteiger partial charge in [0.1, 0.15) is 0 Å². The molecule has 2 fully saturated rings. The van der Waals surface area contributed by atoms with Gasteiger partial charge in [-0.25, -0.2) is 0 Å². The number of carbonyl (C=O) groups excluding carboxylic acids is 1. The summed E-state index contributed by atoms with van der Waals surface area (Å²) in [6.07, 6.45) is 3.73. The van der Waals surface area contributed by atoms with Gasteiger partial charge in [0.15, 0.2) is 0 Å². The second-order valence-electron chi connectivity index (χ2n) is 6.04. The van der Waals surface area contributed by atoms with E-state index in [-0.39, 0.29) is 23.5 Å². The molecule has 0 aliphatic carbocycles. The van der Waals surface area contributed by atoms with Crippen molar-refractivity contribution in [2.24, 2.45) is 11.1 Å². The minimum absolute atomic E-state index is 0.0322. The van der Waals surface area contributed by atoms with Crippen molar-refractivity contribution in [3.8, 4) is 0 Å². The standard InChI is InChI=1S/C13H24N2O2/c1-13(2)9-15(6-5-11(13)14)12(16)8-10-4-3-7-17-10/h10-11H,3-9,14H2,1-2H3. The van der Waals surface area contributed by atoms with Crippen molar-refractivity contribution in [1.29, 1.82) is 0 Å². The highest BCUT2D eigenvalue weighted by Crippen LogP contribution is 2.28. The first kappa shape index (κ1) is 12.8. The lowest BCUT2D eigenvalue weighted by molar-refractivity contribution is -0.136. The lowest BCUT2D eigenvalue weighted by Crippen LogP contribution is -2.54. The number of likely N-dealkylation sites (tertiary alicyclic amines) is 1. The molecule has 2 unspecified atom stereocenters. The summed E-state index contributed by atoms with van der Waals surface area (Å²) in [6, 6.07) is 0.203. The predicted molar refractivity (Wildman–Crippen MR) is 66.5 cm³/mol. The van der Waals surface area contributed by atoms with Gasteiger partial charge in [0.05, 0.1) is 12.5 Å². The van der Waals surface area contributed by atoms with Gasteiger partial charge in [-0.1, -0.05) is 13.8 Å². The van der Waals surface area contributed by atoms with Crippen LogP contribution in [0.3, 0.4) is 0 Å². The summed E-state index contributed by atoms with van der Waals surface area (Å²) in [7, 11) is 0. The number of ether oxygens (including phenoxy) is 1. The van der Waals surface area contributed by atoms with E-state index in [0.29, 0.717) is 6.42 Å². The molecule has 0 aromatic rings. The Bertz CT molecular complexity index is 285. The van der Waals surface area contributed by atoms with E-state index in [2.05, 4.69) is 13.8 Å². The Labute approximate surface area is 103 Å². The van der Waals surface area contributed by atoms with Crippen molar-refractivity contribution in [2.45, 2.75) is 51.7 Å². The van der Waals surface area contributed by atoms with E-state index in [1.807, 2.05) is 4.90 Å². The van der Waals surface area contributed by atoms with Gasteiger partial charge in [0.25, 0.3) is 0 Å². The van der Waals surface area contributed by atoms with Crippen molar-refractivity contribution in [3.63, 3.8) is 0 Å². The van der Waals surface area contributed by atoms with E-state index in [9.17, 15) is 4.79 Å². The highest BCUT2D eigenvalue weighted by molar-refractivity contribution is 5.77. The molecule has 4 heteroatoms. The molecule has 0 spiro atoms. The van der Waals surface area contributed by atoms with E-state index in [1.54, 1.807) is 0 Å². The molecule has 0 radical (unpaired) electrons. The molecule has 2 N–H and O–H groups in total. The number of rotatable bonds is 2. The van der Waals surface area contributed by atoms with Crippen molar-refractivity contribution in [1.82, 2.24) is 4.90 Å². The van der Waals surface area contributed by atoms with Crippen molar-refractivity contribution in [3.05, 3.63) is 0 Å². The number of nitrogens with two attached hydrogens (primary N) is 1. The second kappa shape index (κ2) is 4.94. The van der Waals surface area contributed by atoms with Crippen LogP contribution in [0.5, 0.6) is 0 Å². The summed E-state index contributed by atoms with van der Waals surface area (Å²) in [5, 5.41) is 0. The Balaban J connectivity index is 1.87. The predicted octanol–water partition coefficient (Wildman–Crippen LogP) is 1.14. The molecule has 0 aromatic heterocycles. The molecule has 0 bridgehead atoms. The molecule has 98 valence electrons. The molecule has 0 aromatic carbocycles. The van der Waals surface area contributed by atoms with Gasteiger partial charge in [-0.3, -0.25) is 4.79 Å². The van der Waals surface area contributed by atoms with Gasteiger partial charge in [0, 0.05) is 25.7 Å². The van der Waals surface area contributed by atoms with Crippen molar-refractivity contribution >= 4 is 5.91 Å². The van der Waals surface area contributed by atoms with Crippen molar-refractivity contribution in [2.75, 3.05) is 19.7 Å². The zero-order valence-corrected chi connectivity index (χ0v) is 10.9. The van der Waals surface area contributed by atoms with Gasteiger partial charge in [-0.15, -0.1) is 0 Å². The van der Waals surface area contributed by atoms with Gasteiger partial charge < -0.3 is 15.4 Å². The van der Waals surface area contributed by atoms with Crippen LogP contribution in [0.4, 0.5) is 0 Å². The molecule has 2 heterocycles. The lowest BCUT2D eigenvalue weighted by Gasteiger charge is -2.42. The van der Waals surface area contributed by atoms with E-state index >= 15 is 0 Å². The average Bonchev–Trinajstić information content (AvgIpc) is 2.74. The molecule has 2 aliphatic rings. The molecule has 2 saturated heterocycles. The van der Waals surface area contributed by atoms with Gasteiger partial charge in [-0.2, -0.15) is 0 Å². The normalized spacial score (nSPS) is 32.8. The average molecular weight is 240 g/mol. The third-order valence-electron chi connectivity index (χ3n) is 4.09. The fourth-order valence-corrected chi connectivity index (χ4v) is 2.72. The van der Waals surface area contributed by atoms with Crippen LogP contribution in [0.1, 0.15) is 39.5 Å². The van der Waals surface area contributed by atoms with E-state index in [0.717, 1.165) is 39.0 Å². The Morgan fingerprint density at radius 2 is 2.24 bits per heavy atom. The molecular formula is C13H24N2O2. The molecule has 2 atom stereocenters. The van der Waals surface area contributed by atoms with Gasteiger partial charge in [-0.05, 0) is 24.7 Å². The summed E-state index contributed by atoms with van der Waals surface area (Å²) in [4.78, 5) is 14.1. The van der Waals surface area contributed by atoms with Gasteiger partial charge in [0.2, 0.25) is 5.91 Å². The molecular weight excluding hydrogens is 216 g/mol. The maximum absolute atomic E-state index is 12.2. The monoisotopic (exact) mass is 240 g/mol. The minimum atomic E-state index is 0.0322. The minimum Gasteiger partial charge on any atom is -0.378 e. The quantitative estimate of drug-likeness (QED) is 0.787. The Hall–Kier alpha value is -0.610. The second-order valence-corrected chi connectivity index (χ2v) is 6.04. The lowest BCUT2D eigenvalue weighted by atomic mass is 9.79. The van der Waals surface area contributed by atoms with Gasteiger partial charge >= 0.3 is 0 Å². The maximum Gasteiger partial charge on any atom is 0.225 e. The zero-order chi connectivity index (χ0) is 12.5. The first-order chi connectivity index (χ1) is 7.99. The molecule has 1 amide bonds. The number of hydrogen-bond donors (Lipinski definition) is 1. The Morgan fingerprint density at radius 1 is 1.47 bits per heavy atom. The molecule has 17 heavy (non-hydrogen) atoms. The highest BCUT2D eigenvalue weighted by atomic mass is 16.5. The number of amides is 1. The first-order valence-corrected chi connectivity index (χ1v) is 6.64. The first-order valence-electron chi connectivity index (χ1n) is 6.64. The Morgan fingerprint density at radius 3 is 2.82 bits per heavy atom. The summed E-state index contributed by atoms with van der Waals surface area (Å²) >= 11 is 0. The van der Waals surface area contributed by atoms with Crippen LogP contribution < -0.4 is 5.73 Å². The van der Waals surface area contributed by atoms with Crippen molar-refractivity contribution < 1.29 is 9.53 Å². The fourth-order valence-electron chi connectivity index (χ4n) is 2.72. The van der Waals surface area contributed by atoms with E-state index in [4.69, 9.17) is 10.5 Å². The summed E-state index contributed by atoms with van der Waals surface area (Å²) in [5.41, 5.74) is 6.11. The highest BCUT2D eigenvalue weighted by Gasteiger charge is 2.35. The van der Waals surface area contributed by atoms with E-state index < -0.39 is 0 Å². The number of carbonyl (C=O) groups is 1. The number of piperidine rings is 1. The zero-order valence-electron chi connectivity index (χ0n) is 10.9. The third kappa shape index (κ3) is 2.99. The molecule has 2 aliphatic heterocycles. The SMILES string of the molecule is CC1(C)CN(C(=O)CC2CCCO2)CCC1N. The van der Waals surface area contributed by atoms with Crippen LogP contribution >= 0.6 is 0 Å². The Kier molecular flexibility index (Phi) is 3.73.